The van der Waals surface area contributed by atoms with Crippen molar-refractivity contribution in [3.63, 3.8) is 0 Å². The summed E-state index contributed by atoms with van der Waals surface area (Å²) in [4.78, 5) is 2.28. The van der Waals surface area contributed by atoms with Gasteiger partial charge in [0.05, 0.1) is 18.8 Å². The zero-order chi connectivity index (χ0) is 13.8. The van der Waals surface area contributed by atoms with Crippen LogP contribution in [-0.4, -0.2) is 42.4 Å². The number of nitrogens with zero attached hydrogens (tertiary/aromatic N) is 1. The van der Waals surface area contributed by atoms with Crippen LogP contribution in [0, 0.1) is 12.7 Å². The Hall–Kier alpha value is -0.970. The maximum absolute atomic E-state index is 13.4. The van der Waals surface area contributed by atoms with E-state index in [1.165, 1.54) is 6.07 Å². The summed E-state index contributed by atoms with van der Waals surface area (Å²) < 4.78 is 18.9. The first-order valence-corrected chi connectivity index (χ1v) is 6.84. The molecule has 1 aromatic rings. The van der Waals surface area contributed by atoms with Crippen LogP contribution in [0.2, 0.25) is 0 Å². The fourth-order valence-electron chi connectivity index (χ4n) is 2.38. The SMILES string of the molecule is Cc1ccc(C(O)CCN2CCOC(C)C2)cc1F. The monoisotopic (exact) mass is 267 g/mol. The highest BCUT2D eigenvalue weighted by Crippen LogP contribution is 2.20. The third kappa shape index (κ3) is 4.00. The van der Waals surface area contributed by atoms with Crippen LogP contribution < -0.4 is 0 Å². The summed E-state index contributed by atoms with van der Waals surface area (Å²) in [6.07, 6.45) is 0.269. The zero-order valence-corrected chi connectivity index (χ0v) is 11.6. The molecule has 1 aliphatic heterocycles. The number of hydrogen-bond donors (Lipinski definition) is 1. The molecule has 2 rings (SSSR count). The molecule has 1 aliphatic rings. The second-order valence-corrected chi connectivity index (χ2v) is 5.30. The van der Waals surface area contributed by atoms with Crippen molar-refractivity contribution in [2.24, 2.45) is 0 Å². The van der Waals surface area contributed by atoms with E-state index in [4.69, 9.17) is 4.74 Å². The first-order valence-electron chi connectivity index (χ1n) is 6.84. The third-order valence-electron chi connectivity index (χ3n) is 3.62. The summed E-state index contributed by atoms with van der Waals surface area (Å²) in [5.74, 6) is -0.253. The average Bonchev–Trinajstić information content (AvgIpc) is 2.39. The molecule has 0 radical (unpaired) electrons. The van der Waals surface area contributed by atoms with E-state index in [-0.39, 0.29) is 11.9 Å². The van der Waals surface area contributed by atoms with Crippen LogP contribution >= 0.6 is 0 Å². The molecule has 0 aliphatic carbocycles. The molecule has 0 saturated carbocycles. The van der Waals surface area contributed by atoms with Crippen molar-refractivity contribution in [1.82, 2.24) is 4.90 Å². The van der Waals surface area contributed by atoms with Crippen LogP contribution in [0.1, 0.15) is 30.6 Å². The Morgan fingerprint density at radius 1 is 1.53 bits per heavy atom. The number of morpholine rings is 1. The van der Waals surface area contributed by atoms with Gasteiger partial charge in [-0.15, -0.1) is 0 Å². The highest BCUT2D eigenvalue weighted by Gasteiger charge is 2.18. The number of halogens is 1. The largest absolute Gasteiger partial charge is 0.388 e. The minimum Gasteiger partial charge on any atom is -0.388 e. The van der Waals surface area contributed by atoms with Crippen LogP contribution in [0.5, 0.6) is 0 Å². The molecular formula is C15H22FNO2. The molecule has 0 bridgehead atoms. The molecule has 1 saturated heterocycles. The minimum atomic E-state index is -0.603. The van der Waals surface area contributed by atoms with Crippen molar-refractivity contribution in [2.45, 2.75) is 32.5 Å². The number of rotatable bonds is 4. The minimum absolute atomic E-state index is 0.253. The van der Waals surface area contributed by atoms with Crippen molar-refractivity contribution in [2.75, 3.05) is 26.2 Å². The van der Waals surface area contributed by atoms with Gasteiger partial charge in [0, 0.05) is 19.6 Å². The van der Waals surface area contributed by atoms with Crippen molar-refractivity contribution >= 4 is 0 Å². The summed E-state index contributed by atoms with van der Waals surface area (Å²) in [6, 6.07) is 4.94. The van der Waals surface area contributed by atoms with Gasteiger partial charge in [-0.05, 0) is 37.5 Å². The van der Waals surface area contributed by atoms with Gasteiger partial charge in [0.25, 0.3) is 0 Å². The lowest BCUT2D eigenvalue weighted by Gasteiger charge is -2.31. The van der Waals surface area contributed by atoms with Gasteiger partial charge < -0.3 is 9.84 Å². The molecule has 0 aromatic heterocycles. The smallest absolute Gasteiger partial charge is 0.126 e. The Morgan fingerprint density at radius 2 is 2.32 bits per heavy atom. The highest BCUT2D eigenvalue weighted by molar-refractivity contribution is 5.24. The lowest BCUT2D eigenvalue weighted by Crippen LogP contribution is -2.41. The molecule has 19 heavy (non-hydrogen) atoms. The summed E-state index contributed by atoms with van der Waals surface area (Å²) in [7, 11) is 0. The second-order valence-electron chi connectivity index (χ2n) is 5.30. The topological polar surface area (TPSA) is 32.7 Å². The van der Waals surface area contributed by atoms with Gasteiger partial charge in [0.15, 0.2) is 0 Å². The Labute approximate surface area is 114 Å². The van der Waals surface area contributed by atoms with Gasteiger partial charge >= 0.3 is 0 Å². The summed E-state index contributed by atoms with van der Waals surface area (Å²) in [6.45, 7) is 7.13. The summed E-state index contributed by atoms with van der Waals surface area (Å²) in [5, 5.41) is 10.1. The maximum Gasteiger partial charge on any atom is 0.126 e. The van der Waals surface area contributed by atoms with E-state index in [0.717, 1.165) is 26.2 Å². The van der Waals surface area contributed by atoms with E-state index in [1.54, 1.807) is 19.1 Å². The molecule has 0 spiro atoms. The summed E-state index contributed by atoms with van der Waals surface area (Å²) >= 11 is 0. The van der Waals surface area contributed by atoms with E-state index in [2.05, 4.69) is 11.8 Å². The molecule has 1 N–H and O–H groups in total. The lowest BCUT2D eigenvalue weighted by molar-refractivity contribution is -0.0222. The molecule has 4 heteroatoms. The van der Waals surface area contributed by atoms with Crippen LogP contribution in [0.25, 0.3) is 0 Å². The van der Waals surface area contributed by atoms with Gasteiger partial charge in [-0.3, -0.25) is 4.90 Å². The molecule has 2 atom stereocenters. The molecule has 1 heterocycles. The third-order valence-corrected chi connectivity index (χ3v) is 3.62. The van der Waals surface area contributed by atoms with Gasteiger partial charge in [0.1, 0.15) is 5.82 Å². The first kappa shape index (κ1) is 14.4. The number of aliphatic hydroxyl groups is 1. The standard InChI is InChI=1S/C15H22FNO2/c1-11-3-4-13(9-14(11)16)15(18)5-6-17-7-8-19-12(2)10-17/h3-4,9,12,15,18H,5-8,10H2,1-2H3. The Balaban J connectivity index is 1.86. The van der Waals surface area contributed by atoms with Crippen molar-refractivity contribution < 1.29 is 14.2 Å². The van der Waals surface area contributed by atoms with E-state index in [1.807, 2.05) is 0 Å². The van der Waals surface area contributed by atoms with Gasteiger partial charge in [-0.25, -0.2) is 4.39 Å². The predicted octanol–water partition coefficient (Wildman–Crippen LogP) is 2.28. The normalized spacial score (nSPS) is 22.4. The van der Waals surface area contributed by atoms with Crippen molar-refractivity contribution in [3.8, 4) is 0 Å². The average molecular weight is 267 g/mol. The van der Waals surface area contributed by atoms with Gasteiger partial charge in [-0.2, -0.15) is 0 Å². The summed E-state index contributed by atoms with van der Waals surface area (Å²) in [5.41, 5.74) is 1.27. The molecule has 106 valence electrons. The molecule has 0 amide bonds. The second kappa shape index (κ2) is 6.46. The highest BCUT2D eigenvalue weighted by atomic mass is 19.1. The fourth-order valence-corrected chi connectivity index (χ4v) is 2.38. The maximum atomic E-state index is 13.4. The Bertz CT molecular complexity index is 425. The number of benzene rings is 1. The number of hydrogen-bond acceptors (Lipinski definition) is 3. The lowest BCUT2D eigenvalue weighted by atomic mass is 10.0. The van der Waals surface area contributed by atoms with E-state index >= 15 is 0 Å². The van der Waals surface area contributed by atoms with E-state index in [0.29, 0.717) is 17.5 Å². The predicted molar refractivity (Wildman–Crippen MR) is 72.6 cm³/mol. The van der Waals surface area contributed by atoms with E-state index < -0.39 is 6.10 Å². The molecule has 2 unspecified atom stereocenters. The Morgan fingerprint density at radius 3 is 3.00 bits per heavy atom. The van der Waals surface area contributed by atoms with Crippen LogP contribution in [0.4, 0.5) is 4.39 Å². The van der Waals surface area contributed by atoms with Crippen LogP contribution in [-0.2, 0) is 4.74 Å². The quantitative estimate of drug-likeness (QED) is 0.908. The molecule has 1 aromatic carbocycles. The molecule has 1 fully saturated rings. The number of aryl methyl sites for hydroxylation is 1. The number of ether oxygens (including phenoxy) is 1. The number of aliphatic hydroxyl groups excluding tert-OH is 1. The molecular weight excluding hydrogens is 245 g/mol. The Kier molecular flexibility index (Phi) is 4.91. The van der Waals surface area contributed by atoms with Crippen molar-refractivity contribution in [1.29, 1.82) is 0 Å². The van der Waals surface area contributed by atoms with Gasteiger partial charge in [0.2, 0.25) is 0 Å². The van der Waals surface area contributed by atoms with Crippen LogP contribution in [0.15, 0.2) is 18.2 Å². The van der Waals surface area contributed by atoms with Crippen molar-refractivity contribution in [3.05, 3.63) is 35.1 Å². The van der Waals surface area contributed by atoms with E-state index in [9.17, 15) is 9.50 Å². The van der Waals surface area contributed by atoms with Crippen LogP contribution in [0.3, 0.4) is 0 Å². The molecule has 3 nitrogen and oxygen atoms in total. The van der Waals surface area contributed by atoms with Gasteiger partial charge in [-0.1, -0.05) is 12.1 Å². The fraction of sp³-hybridized carbons (Fsp3) is 0.600. The zero-order valence-electron chi connectivity index (χ0n) is 11.6. The first-order chi connectivity index (χ1) is 9.06.